The van der Waals surface area contributed by atoms with E-state index in [1.807, 2.05) is 49.4 Å². The van der Waals surface area contributed by atoms with Gasteiger partial charge in [0.2, 0.25) is 0 Å². The molecule has 0 saturated heterocycles. The zero-order chi connectivity index (χ0) is 17.4. The monoisotopic (exact) mass is 351 g/mol. The number of carbonyl (C=O) groups is 1. The van der Waals surface area contributed by atoms with Gasteiger partial charge in [0, 0.05) is 21.9 Å². The van der Waals surface area contributed by atoms with Crippen molar-refractivity contribution < 1.29 is 9.00 Å². The molecule has 5 nitrogen and oxygen atoms in total. The highest BCUT2D eigenvalue weighted by Crippen LogP contribution is 2.31. The molecule has 1 N–H and O–H groups in total. The fraction of sp³-hybridized carbons (Fsp3) is 0.158. The van der Waals surface area contributed by atoms with Gasteiger partial charge in [0.25, 0.3) is 5.91 Å². The van der Waals surface area contributed by atoms with Gasteiger partial charge in [0.1, 0.15) is 5.82 Å². The highest BCUT2D eigenvalue weighted by atomic mass is 32.2. The van der Waals surface area contributed by atoms with Crippen LogP contribution < -0.4 is 5.32 Å². The highest BCUT2D eigenvalue weighted by molar-refractivity contribution is 7.83. The molecule has 2 heterocycles. The summed E-state index contributed by atoms with van der Waals surface area (Å²) >= 11 is 0. The average Bonchev–Trinajstić information content (AvgIpc) is 3.13. The SMILES string of the molecule is Cc1ccc(C(=O)Nc2c3c(nn2-c2ccccc2)C[S@@](=O)C3)cc1. The van der Waals surface area contributed by atoms with Gasteiger partial charge < -0.3 is 5.32 Å². The molecule has 1 aromatic heterocycles. The van der Waals surface area contributed by atoms with Crippen molar-refractivity contribution in [2.45, 2.75) is 18.4 Å². The number of nitrogens with zero attached hydrogens (tertiary/aromatic N) is 2. The minimum absolute atomic E-state index is 0.197. The lowest BCUT2D eigenvalue weighted by atomic mass is 10.1. The van der Waals surface area contributed by atoms with Crippen LogP contribution in [-0.2, 0) is 22.3 Å². The molecule has 0 saturated carbocycles. The summed E-state index contributed by atoms with van der Waals surface area (Å²) in [7, 11) is -0.953. The normalized spacial score (nSPS) is 15.8. The van der Waals surface area contributed by atoms with E-state index in [4.69, 9.17) is 0 Å². The van der Waals surface area contributed by atoms with Gasteiger partial charge in [-0.05, 0) is 31.2 Å². The first kappa shape index (κ1) is 15.8. The summed E-state index contributed by atoms with van der Waals surface area (Å²) in [6, 6.07) is 17.0. The molecule has 126 valence electrons. The van der Waals surface area contributed by atoms with Crippen molar-refractivity contribution in [2.24, 2.45) is 0 Å². The van der Waals surface area contributed by atoms with Gasteiger partial charge in [0.15, 0.2) is 0 Å². The summed E-state index contributed by atoms with van der Waals surface area (Å²) in [5.74, 6) is 1.27. The minimum Gasteiger partial charge on any atom is -0.306 e. The van der Waals surface area contributed by atoms with E-state index < -0.39 is 10.8 Å². The Labute approximate surface area is 148 Å². The lowest BCUT2D eigenvalue weighted by molar-refractivity contribution is 0.102. The van der Waals surface area contributed by atoms with E-state index >= 15 is 0 Å². The van der Waals surface area contributed by atoms with Crippen molar-refractivity contribution in [3.05, 3.63) is 77.0 Å². The van der Waals surface area contributed by atoms with Crippen LogP contribution in [0.15, 0.2) is 54.6 Å². The van der Waals surface area contributed by atoms with E-state index in [9.17, 15) is 9.00 Å². The van der Waals surface area contributed by atoms with Crippen LogP contribution in [0.4, 0.5) is 5.82 Å². The lowest BCUT2D eigenvalue weighted by Crippen LogP contribution is -2.16. The first-order chi connectivity index (χ1) is 12.1. The second-order valence-corrected chi connectivity index (χ2v) is 7.53. The molecule has 1 aliphatic rings. The number of fused-ring (bicyclic) bond motifs is 1. The van der Waals surface area contributed by atoms with E-state index in [1.165, 1.54) is 0 Å². The topological polar surface area (TPSA) is 64.0 Å². The Kier molecular flexibility index (Phi) is 3.97. The van der Waals surface area contributed by atoms with Crippen molar-refractivity contribution >= 4 is 22.5 Å². The van der Waals surface area contributed by atoms with E-state index in [1.54, 1.807) is 16.8 Å². The molecular formula is C19H17N3O2S. The molecule has 1 atom stereocenters. The minimum atomic E-state index is -0.953. The summed E-state index contributed by atoms with van der Waals surface area (Å²) in [6.07, 6.45) is 0. The molecule has 0 fully saturated rings. The van der Waals surface area contributed by atoms with E-state index in [2.05, 4.69) is 10.4 Å². The maximum atomic E-state index is 12.7. The van der Waals surface area contributed by atoms with E-state index in [0.717, 1.165) is 22.5 Å². The molecule has 0 aliphatic carbocycles. The summed E-state index contributed by atoms with van der Waals surface area (Å²) in [6.45, 7) is 1.98. The van der Waals surface area contributed by atoms with Gasteiger partial charge in [0.05, 0.1) is 22.9 Å². The van der Waals surface area contributed by atoms with Crippen LogP contribution in [-0.4, -0.2) is 19.9 Å². The molecule has 3 aromatic rings. The van der Waals surface area contributed by atoms with Crippen molar-refractivity contribution in [2.75, 3.05) is 5.32 Å². The zero-order valence-electron chi connectivity index (χ0n) is 13.7. The molecule has 25 heavy (non-hydrogen) atoms. The number of nitrogens with one attached hydrogen (secondary N) is 1. The van der Waals surface area contributed by atoms with Crippen molar-refractivity contribution in [3.8, 4) is 5.69 Å². The summed E-state index contributed by atoms with van der Waals surface area (Å²) < 4.78 is 13.6. The summed E-state index contributed by atoms with van der Waals surface area (Å²) in [5.41, 5.74) is 4.20. The summed E-state index contributed by atoms with van der Waals surface area (Å²) in [4.78, 5) is 12.7. The number of hydrogen-bond acceptors (Lipinski definition) is 3. The summed E-state index contributed by atoms with van der Waals surface area (Å²) in [5, 5.41) is 7.55. The van der Waals surface area contributed by atoms with E-state index in [-0.39, 0.29) is 5.91 Å². The van der Waals surface area contributed by atoms with Crippen LogP contribution in [0.2, 0.25) is 0 Å². The van der Waals surface area contributed by atoms with Gasteiger partial charge in [-0.3, -0.25) is 9.00 Å². The van der Waals surface area contributed by atoms with Gasteiger partial charge in [-0.15, -0.1) is 0 Å². The fourth-order valence-electron chi connectivity index (χ4n) is 2.90. The number of rotatable bonds is 3. The Morgan fingerprint density at radius 3 is 2.52 bits per heavy atom. The number of hydrogen-bond donors (Lipinski definition) is 1. The molecule has 0 spiro atoms. The second kappa shape index (κ2) is 6.29. The highest BCUT2D eigenvalue weighted by Gasteiger charge is 2.28. The third-order valence-corrected chi connectivity index (χ3v) is 5.42. The van der Waals surface area contributed by atoms with Crippen LogP contribution in [0.5, 0.6) is 0 Å². The third-order valence-electron chi connectivity index (χ3n) is 4.22. The molecule has 2 aromatic carbocycles. The Bertz CT molecular complexity index is 962. The molecule has 0 unspecified atom stereocenters. The number of benzene rings is 2. The first-order valence-corrected chi connectivity index (χ1v) is 9.50. The van der Waals surface area contributed by atoms with Crippen LogP contribution in [0.25, 0.3) is 5.69 Å². The average molecular weight is 351 g/mol. The molecule has 1 amide bonds. The molecule has 0 bridgehead atoms. The fourth-order valence-corrected chi connectivity index (χ4v) is 4.16. The molecule has 6 heteroatoms. The maximum absolute atomic E-state index is 12.7. The predicted molar refractivity (Wildman–Crippen MR) is 98.2 cm³/mol. The number of aromatic nitrogens is 2. The molecule has 0 radical (unpaired) electrons. The molecule has 4 rings (SSSR count). The van der Waals surface area contributed by atoms with Crippen LogP contribution in [0.1, 0.15) is 27.2 Å². The van der Waals surface area contributed by atoms with Crippen molar-refractivity contribution in [3.63, 3.8) is 0 Å². The molecule has 1 aliphatic heterocycles. The number of aryl methyl sites for hydroxylation is 1. The number of para-hydroxylation sites is 1. The van der Waals surface area contributed by atoms with Gasteiger partial charge >= 0.3 is 0 Å². The Hall–Kier alpha value is -2.73. The third kappa shape index (κ3) is 3.00. The lowest BCUT2D eigenvalue weighted by Gasteiger charge is -2.11. The quantitative estimate of drug-likeness (QED) is 0.788. The molecular weight excluding hydrogens is 334 g/mol. The van der Waals surface area contributed by atoms with Crippen molar-refractivity contribution in [1.82, 2.24) is 9.78 Å². The van der Waals surface area contributed by atoms with E-state index in [0.29, 0.717) is 22.9 Å². The standard InChI is InChI=1S/C19H17N3O2S/c1-13-7-9-14(10-8-13)19(23)20-18-16-11-25(24)12-17(16)21-22(18)15-5-3-2-4-6-15/h2-10H,11-12H2,1H3,(H,20,23)/t25-/m0/s1. The van der Waals surface area contributed by atoms with Gasteiger partial charge in [-0.25, -0.2) is 4.68 Å². The zero-order valence-corrected chi connectivity index (χ0v) is 14.5. The van der Waals surface area contributed by atoms with Crippen LogP contribution >= 0.6 is 0 Å². The van der Waals surface area contributed by atoms with Gasteiger partial charge in [-0.1, -0.05) is 35.9 Å². The second-order valence-electron chi connectivity index (χ2n) is 6.07. The smallest absolute Gasteiger partial charge is 0.256 e. The largest absolute Gasteiger partial charge is 0.306 e. The van der Waals surface area contributed by atoms with Gasteiger partial charge in [-0.2, -0.15) is 5.10 Å². The Morgan fingerprint density at radius 2 is 1.80 bits per heavy atom. The first-order valence-electron chi connectivity index (χ1n) is 8.01. The number of carbonyl (C=O) groups excluding carboxylic acids is 1. The van der Waals surface area contributed by atoms with Crippen LogP contribution in [0.3, 0.4) is 0 Å². The Morgan fingerprint density at radius 1 is 1.08 bits per heavy atom. The van der Waals surface area contributed by atoms with Crippen LogP contribution in [0, 0.1) is 6.92 Å². The number of amides is 1. The predicted octanol–water partition coefficient (Wildman–Crippen LogP) is 3.20. The van der Waals surface area contributed by atoms with Crippen molar-refractivity contribution in [1.29, 1.82) is 0 Å². The maximum Gasteiger partial charge on any atom is 0.256 e. The number of anilines is 1. The Balaban J connectivity index is 1.74.